The van der Waals surface area contributed by atoms with E-state index in [0.717, 1.165) is 0 Å². The molecule has 0 saturated carbocycles. The topological polar surface area (TPSA) is 3.24 Å². The summed E-state index contributed by atoms with van der Waals surface area (Å²) in [6, 6.07) is 31.3. The van der Waals surface area contributed by atoms with Gasteiger partial charge >= 0.3 is 0 Å². The molecule has 0 bridgehead atoms. The van der Waals surface area contributed by atoms with Crippen molar-refractivity contribution in [1.82, 2.24) is 0 Å². The Labute approximate surface area is 124 Å². The van der Waals surface area contributed by atoms with E-state index in [1.54, 1.807) is 11.9 Å². The van der Waals surface area contributed by atoms with Crippen molar-refractivity contribution in [3.63, 3.8) is 0 Å². The molecule has 0 radical (unpaired) electrons. The lowest BCUT2D eigenvalue weighted by molar-refractivity contribution is 1.39. The fourth-order valence-electron chi connectivity index (χ4n) is 1.97. The van der Waals surface area contributed by atoms with Crippen LogP contribution in [0.15, 0.2) is 95.9 Å². The molecule has 0 fully saturated rings. The predicted octanol–water partition coefficient (Wildman–Crippen LogP) is 5.53. The third-order valence-electron chi connectivity index (χ3n) is 2.92. The molecule has 0 amide bonds. The van der Waals surface area contributed by atoms with Gasteiger partial charge in [-0.3, -0.25) is 4.31 Å². The number of rotatable bonds is 4. The molecule has 0 spiro atoms. The van der Waals surface area contributed by atoms with Crippen molar-refractivity contribution in [1.29, 1.82) is 0 Å². The molecule has 20 heavy (non-hydrogen) atoms. The zero-order chi connectivity index (χ0) is 13.6. The molecular weight excluding hydrogens is 262 g/mol. The van der Waals surface area contributed by atoms with Gasteiger partial charge in [-0.25, -0.2) is 0 Å². The van der Waals surface area contributed by atoms with Crippen LogP contribution in [0.25, 0.3) is 0 Å². The van der Waals surface area contributed by atoms with Crippen molar-refractivity contribution in [2.24, 2.45) is 0 Å². The Bertz CT molecular complexity index is 599. The number of nitrogens with zero attached hydrogens (tertiary/aromatic N) is 1. The van der Waals surface area contributed by atoms with Crippen LogP contribution in [0.3, 0.4) is 0 Å². The fraction of sp³-hybridized carbons (Fsp3) is 0. The summed E-state index contributed by atoms with van der Waals surface area (Å²) in [6.45, 7) is 0. The van der Waals surface area contributed by atoms with Crippen LogP contribution in [0.4, 0.5) is 11.4 Å². The maximum Gasteiger partial charge on any atom is 0.0528 e. The van der Waals surface area contributed by atoms with Crippen LogP contribution < -0.4 is 4.31 Å². The van der Waals surface area contributed by atoms with E-state index in [1.807, 2.05) is 18.2 Å². The summed E-state index contributed by atoms with van der Waals surface area (Å²) < 4.78 is 2.25. The molecule has 3 rings (SSSR count). The molecule has 0 N–H and O–H groups in total. The number of hydrogen-bond acceptors (Lipinski definition) is 2. The zero-order valence-electron chi connectivity index (χ0n) is 11.0. The second kappa shape index (κ2) is 6.31. The highest BCUT2D eigenvalue weighted by Crippen LogP contribution is 2.36. The van der Waals surface area contributed by atoms with Gasteiger partial charge in [0.2, 0.25) is 0 Å². The lowest BCUT2D eigenvalue weighted by Gasteiger charge is -2.23. The fourth-order valence-corrected chi connectivity index (χ4v) is 2.91. The van der Waals surface area contributed by atoms with Gasteiger partial charge in [0.1, 0.15) is 0 Å². The Morgan fingerprint density at radius 3 is 1.35 bits per heavy atom. The second-order valence-corrected chi connectivity index (χ2v) is 5.39. The Hall–Kier alpha value is -2.19. The van der Waals surface area contributed by atoms with E-state index >= 15 is 0 Å². The first kappa shape index (κ1) is 12.8. The molecule has 98 valence electrons. The molecule has 0 aliphatic rings. The minimum absolute atomic E-state index is 1.17. The van der Waals surface area contributed by atoms with Crippen molar-refractivity contribution in [3.8, 4) is 0 Å². The van der Waals surface area contributed by atoms with Gasteiger partial charge < -0.3 is 0 Å². The SMILES string of the molecule is c1ccc(SN(c2ccccc2)c2ccccc2)cc1. The van der Waals surface area contributed by atoms with Crippen LogP contribution >= 0.6 is 11.9 Å². The first-order valence-corrected chi connectivity index (χ1v) is 7.34. The van der Waals surface area contributed by atoms with Crippen LogP contribution in [0, 0.1) is 0 Å². The van der Waals surface area contributed by atoms with E-state index in [1.165, 1.54) is 16.3 Å². The molecule has 3 aromatic carbocycles. The Morgan fingerprint density at radius 1 is 0.500 bits per heavy atom. The van der Waals surface area contributed by atoms with Gasteiger partial charge in [-0.1, -0.05) is 54.6 Å². The predicted molar refractivity (Wildman–Crippen MR) is 87.3 cm³/mol. The smallest absolute Gasteiger partial charge is 0.0528 e. The summed E-state index contributed by atoms with van der Waals surface area (Å²) in [4.78, 5) is 1.22. The molecule has 0 unspecified atom stereocenters. The second-order valence-electron chi connectivity index (χ2n) is 4.37. The summed E-state index contributed by atoms with van der Waals surface area (Å²) >= 11 is 1.73. The Balaban J connectivity index is 1.96. The number of para-hydroxylation sites is 2. The first-order chi connectivity index (χ1) is 9.93. The van der Waals surface area contributed by atoms with E-state index in [-0.39, 0.29) is 0 Å². The van der Waals surface area contributed by atoms with E-state index in [4.69, 9.17) is 0 Å². The van der Waals surface area contributed by atoms with E-state index in [0.29, 0.717) is 0 Å². The normalized spacial score (nSPS) is 10.2. The molecule has 0 aliphatic carbocycles. The van der Waals surface area contributed by atoms with E-state index < -0.39 is 0 Å². The van der Waals surface area contributed by atoms with Gasteiger partial charge in [0.25, 0.3) is 0 Å². The van der Waals surface area contributed by atoms with E-state index in [9.17, 15) is 0 Å². The van der Waals surface area contributed by atoms with Crippen molar-refractivity contribution in [2.45, 2.75) is 4.90 Å². The Morgan fingerprint density at radius 2 is 0.900 bits per heavy atom. The highest BCUT2D eigenvalue weighted by atomic mass is 32.2. The van der Waals surface area contributed by atoms with Gasteiger partial charge in [-0.05, 0) is 48.3 Å². The molecule has 2 heteroatoms. The van der Waals surface area contributed by atoms with Gasteiger partial charge in [-0.15, -0.1) is 0 Å². The van der Waals surface area contributed by atoms with Crippen molar-refractivity contribution >= 4 is 23.3 Å². The lowest BCUT2D eigenvalue weighted by atomic mass is 10.3. The molecule has 3 aromatic rings. The monoisotopic (exact) mass is 277 g/mol. The summed E-state index contributed by atoms with van der Waals surface area (Å²) in [5.41, 5.74) is 2.35. The van der Waals surface area contributed by atoms with Crippen LogP contribution in [0.5, 0.6) is 0 Å². The maximum atomic E-state index is 2.25. The molecule has 0 saturated heterocycles. The average Bonchev–Trinajstić information content (AvgIpc) is 2.55. The maximum absolute atomic E-state index is 2.25. The third kappa shape index (κ3) is 3.03. The summed E-state index contributed by atoms with van der Waals surface area (Å²) in [7, 11) is 0. The minimum Gasteiger partial charge on any atom is -0.280 e. The van der Waals surface area contributed by atoms with Crippen LogP contribution in [0.2, 0.25) is 0 Å². The van der Waals surface area contributed by atoms with Gasteiger partial charge in [-0.2, -0.15) is 0 Å². The zero-order valence-corrected chi connectivity index (χ0v) is 11.8. The van der Waals surface area contributed by atoms with Gasteiger partial charge in [0.15, 0.2) is 0 Å². The van der Waals surface area contributed by atoms with Crippen LogP contribution in [0.1, 0.15) is 0 Å². The van der Waals surface area contributed by atoms with E-state index in [2.05, 4.69) is 77.1 Å². The van der Waals surface area contributed by atoms with Crippen LogP contribution in [-0.4, -0.2) is 0 Å². The largest absolute Gasteiger partial charge is 0.280 e. The third-order valence-corrected chi connectivity index (χ3v) is 4.01. The quantitative estimate of drug-likeness (QED) is 0.577. The highest BCUT2D eigenvalue weighted by molar-refractivity contribution is 8.01. The van der Waals surface area contributed by atoms with Crippen molar-refractivity contribution in [3.05, 3.63) is 91.0 Å². The summed E-state index contributed by atoms with van der Waals surface area (Å²) in [5, 5.41) is 0. The lowest BCUT2D eigenvalue weighted by Crippen LogP contribution is -2.06. The van der Waals surface area contributed by atoms with Gasteiger partial charge in [0, 0.05) is 4.90 Å². The summed E-state index contributed by atoms with van der Waals surface area (Å²) in [6.07, 6.45) is 0. The molecule has 0 aliphatic heterocycles. The molecule has 0 aromatic heterocycles. The molecule has 0 heterocycles. The molecule has 1 nitrogen and oxygen atoms in total. The van der Waals surface area contributed by atoms with Crippen LogP contribution in [-0.2, 0) is 0 Å². The number of benzene rings is 3. The first-order valence-electron chi connectivity index (χ1n) is 6.57. The average molecular weight is 277 g/mol. The number of hydrogen-bond donors (Lipinski definition) is 0. The molecular formula is C18H15NS. The number of anilines is 2. The highest BCUT2D eigenvalue weighted by Gasteiger charge is 2.10. The van der Waals surface area contributed by atoms with Gasteiger partial charge in [0.05, 0.1) is 11.4 Å². The summed E-state index contributed by atoms with van der Waals surface area (Å²) in [5.74, 6) is 0. The molecule has 0 atom stereocenters. The minimum atomic E-state index is 1.17. The van der Waals surface area contributed by atoms with Crippen molar-refractivity contribution < 1.29 is 0 Å². The Kier molecular flexibility index (Phi) is 4.04. The van der Waals surface area contributed by atoms with Crippen molar-refractivity contribution in [2.75, 3.05) is 4.31 Å². The standard InChI is InChI=1S/C18H15NS/c1-4-10-16(11-5-1)19(17-12-6-2-7-13-17)20-18-14-8-3-9-15-18/h1-15H.